The molecule has 18 heavy (non-hydrogen) atoms. The minimum atomic E-state index is 0.477. The summed E-state index contributed by atoms with van der Waals surface area (Å²) < 4.78 is 0. The first-order chi connectivity index (χ1) is 8.70. The van der Waals surface area contributed by atoms with Crippen LogP contribution in [-0.4, -0.2) is 32.1 Å². The number of hydrogen-bond acceptors (Lipinski definition) is 2. The van der Waals surface area contributed by atoms with Gasteiger partial charge >= 0.3 is 0 Å². The van der Waals surface area contributed by atoms with Crippen molar-refractivity contribution in [1.29, 1.82) is 0 Å². The summed E-state index contributed by atoms with van der Waals surface area (Å²) in [7, 11) is 4.31. The molecule has 3 unspecified atom stereocenters. The molecule has 0 saturated heterocycles. The van der Waals surface area contributed by atoms with Gasteiger partial charge in [0.25, 0.3) is 0 Å². The van der Waals surface area contributed by atoms with E-state index < -0.39 is 0 Å². The van der Waals surface area contributed by atoms with Gasteiger partial charge < -0.3 is 10.2 Å². The van der Waals surface area contributed by atoms with E-state index in [0.29, 0.717) is 6.04 Å². The summed E-state index contributed by atoms with van der Waals surface area (Å²) in [5.74, 6) is 1.92. The van der Waals surface area contributed by atoms with E-state index in [2.05, 4.69) is 61.6 Å². The van der Waals surface area contributed by atoms with E-state index in [-0.39, 0.29) is 0 Å². The van der Waals surface area contributed by atoms with Crippen molar-refractivity contribution in [3.63, 3.8) is 0 Å². The highest BCUT2D eigenvalue weighted by Gasteiger charge is 2.32. The lowest BCUT2D eigenvalue weighted by atomic mass is 10.0. The minimum Gasteiger partial charge on any atom is -0.313 e. The Kier molecular flexibility index (Phi) is 4.79. The standard InChI is InChI=1S/C16H26N2/c1-13-11-15(13)12-18(3)10-9-16(17-2)14-7-5-4-6-8-14/h4-8,13,15-17H,9-12H2,1-3H3. The van der Waals surface area contributed by atoms with Crippen molar-refractivity contribution in [2.45, 2.75) is 25.8 Å². The third kappa shape index (κ3) is 3.82. The van der Waals surface area contributed by atoms with Gasteiger partial charge in [0.15, 0.2) is 0 Å². The molecule has 0 aliphatic heterocycles. The van der Waals surface area contributed by atoms with Crippen LogP contribution >= 0.6 is 0 Å². The van der Waals surface area contributed by atoms with E-state index in [1.54, 1.807) is 0 Å². The molecule has 3 atom stereocenters. The number of benzene rings is 1. The zero-order valence-electron chi connectivity index (χ0n) is 11.9. The van der Waals surface area contributed by atoms with Gasteiger partial charge in [-0.05, 0) is 50.9 Å². The molecule has 0 radical (unpaired) electrons. The second-order valence-corrected chi connectivity index (χ2v) is 5.78. The third-order valence-electron chi connectivity index (χ3n) is 4.17. The maximum atomic E-state index is 3.42. The topological polar surface area (TPSA) is 15.3 Å². The van der Waals surface area contributed by atoms with E-state index in [1.165, 1.54) is 31.5 Å². The maximum absolute atomic E-state index is 3.42. The van der Waals surface area contributed by atoms with Crippen LogP contribution in [0.4, 0.5) is 0 Å². The first-order valence-electron chi connectivity index (χ1n) is 7.11. The molecule has 1 aromatic carbocycles. The van der Waals surface area contributed by atoms with Gasteiger partial charge in [0.2, 0.25) is 0 Å². The summed E-state index contributed by atoms with van der Waals surface area (Å²) in [5, 5.41) is 3.42. The van der Waals surface area contributed by atoms with E-state index >= 15 is 0 Å². The Morgan fingerprint density at radius 2 is 2.00 bits per heavy atom. The van der Waals surface area contributed by atoms with E-state index in [0.717, 1.165) is 11.8 Å². The fourth-order valence-corrected chi connectivity index (χ4v) is 2.66. The molecule has 0 aromatic heterocycles. The number of nitrogens with zero attached hydrogens (tertiary/aromatic N) is 1. The molecule has 100 valence electrons. The second kappa shape index (κ2) is 6.35. The Hall–Kier alpha value is -0.860. The van der Waals surface area contributed by atoms with Crippen LogP contribution in [0.25, 0.3) is 0 Å². The van der Waals surface area contributed by atoms with E-state index in [4.69, 9.17) is 0 Å². The van der Waals surface area contributed by atoms with Gasteiger partial charge in [-0.2, -0.15) is 0 Å². The fourth-order valence-electron chi connectivity index (χ4n) is 2.66. The van der Waals surface area contributed by atoms with Crippen molar-refractivity contribution in [3.8, 4) is 0 Å². The predicted octanol–water partition coefficient (Wildman–Crippen LogP) is 2.93. The first-order valence-corrected chi connectivity index (χ1v) is 7.11. The Morgan fingerprint density at radius 1 is 1.33 bits per heavy atom. The summed E-state index contributed by atoms with van der Waals surface area (Å²) in [5.41, 5.74) is 1.40. The highest BCUT2D eigenvalue weighted by Crippen LogP contribution is 2.38. The van der Waals surface area contributed by atoms with Crippen LogP contribution in [0.2, 0.25) is 0 Å². The van der Waals surface area contributed by atoms with Gasteiger partial charge in [-0.3, -0.25) is 0 Å². The van der Waals surface area contributed by atoms with Crippen molar-refractivity contribution in [1.82, 2.24) is 10.2 Å². The summed E-state index contributed by atoms with van der Waals surface area (Å²) in [6.07, 6.45) is 2.61. The first kappa shape index (κ1) is 13.6. The van der Waals surface area contributed by atoms with Crippen LogP contribution in [0.15, 0.2) is 30.3 Å². The highest BCUT2D eigenvalue weighted by atomic mass is 15.1. The molecule has 0 bridgehead atoms. The molecule has 1 aromatic rings. The summed E-state index contributed by atoms with van der Waals surface area (Å²) >= 11 is 0. The summed E-state index contributed by atoms with van der Waals surface area (Å²) in [6.45, 7) is 4.80. The molecule has 1 aliphatic rings. The molecule has 2 nitrogen and oxygen atoms in total. The van der Waals surface area contributed by atoms with E-state index in [1.807, 2.05) is 0 Å². The van der Waals surface area contributed by atoms with Gasteiger partial charge in [-0.15, -0.1) is 0 Å². The monoisotopic (exact) mass is 246 g/mol. The molecule has 1 saturated carbocycles. The van der Waals surface area contributed by atoms with Crippen LogP contribution in [-0.2, 0) is 0 Å². The predicted molar refractivity (Wildman–Crippen MR) is 77.6 cm³/mol. The lowest BCUT2D eigenvalue weighted by Crippen LogP contribution is -2.27. The molecular formula is C16H26N2. The van der Waals surface area contributed by atoms with Crippen LogP contribution < -0.4 is 5.32 Å². The SMILES string of the molecule is CNC(CCN(C)CC1CC1C)c1ccccc1. The van der Waals surface area contributed by atoms with Crippen molar-refractivity contribution in [3.05, 3.63) is 35.9 Å². The average molecular weight is 246 g/mol. The van der Waals surface area contributed by atoms with Crippen LogP contribution in [0.3, 0.4) is 0 Å². The molecule has 1 fully saturated rings. The number of hydrogen-bond donors (Lipinski definition) is 1. The Labute approximate surface area is 111 Å². The largest absolute Gasteiger partial charge is 0.313 e. The van der Waals surface area contributed by atoms with E-state index in [9.17, 15) is 0 Å². The van der Waals surface area contributed by atoms with Gasteiger partial charge in [0.1, 0.15) is 0 Å². The van der Waals surface area contributed by atoms with Gasteiger partial charge in [0.05, 0.1) is 0 Å². The average Bonchev–Trinajstić information content (AvgIpc) is 3.07. The van der Waals surface area contributed by atoms with Crippen LogP contribution in [0, 0.1) is 11.8 Å². The molecule has 0 spiro atoms. The summed E-state index contributed by atoms with van der Waals surface area (Å²) in [4.78, 5) is 2.49. The van der Waals surface area contributed by atoms with Crippen LogP contribution in [0.5, 0.6) is 0 Å². The highest BCUT2D eigenvalue weighted by molar-refractivity contribution is 5.18. The normalized spacial score (nSPS) is 24.2. The van der Waals surface area contributed by atoms with Gasteiger partial charge in [0, 0.05) is 12.6 Å². The third-order valence-corrected chi connectivity index (χ3v) is 4.17. The Morgan fingerprint density at radius 3 is 2.56 bits per heavy atom. The zero-order valence-corrected chi connectivity index (χ0v) is 11.9. The van der Waals surface area contributed by atoms with Gasteiger partial charge in [-0.25, -0.2) is 0 Å². The molecule has 1 aliphatic carbocycles. The molecular weight excluding hydrogens is 220 g/mol. The molecule has 0 amide bonds. The molecule has 2 heteroatoms. The maximum Gasteiger partial charge on any atom is 0.0329 e. The fraction of sp³-hybridized carbons (Fsp3) is 0.625. The van der Waals surface area contributed by atoms with Crippen molar-refractivity contribution >= 4 is 0 Å². The van der Waals surface area contributed by atoms with Crippen molar-refractivity contribution < 1.29 is 0 Å². The minimum absolute atomic E-state index is 0.477. The smallest absolute Gasteiger partial charge is 0.0329 e. The van der Waals surface area contributed by atoms with Gasteiger partial charge in [-0.1, -0.05) is 37.3 Å². The lowest BCUT2D eigenvalue weighted by molar-refractivity contribution is 0.295. The number of nitrogens with one attached hydrogen (secondary N) is 1. The van der Waals surface area contributed by atoms with Crippen LogP contribution in [0.1, 0.15) is 31.4 Å². The lowest BCUT2D eigenvalue weighted by Gasteiger charge is -2.21. The zero-order chi connectivity index (χ0) is 13.0. The summed E-state index contributed by atoms with van der Waals surface area (Å²) in [6, 6.07) is 11.2. The Balaban J connectivity index is 1.76. The second-order valence-electron chi connectivity index (χ2n) is 5.78. The van der Waals surface area contributed by atoms with Crippen molar-refractivity contribution in [2.24, 2.45) is 11.8 Å². The Bertz CT molecular complexity index is 349. The van der Waals surface area contributed by atoms with Crippen molar-refractivity contribution in [2.75, 3.05) is 27.2 Å². The molecule has 1 N–H and O–H groups in total. The number of rotatable bonds is 7. The quantitative estimate of drug-likeness (QED) is 0.796. The molecule has 0 heterocycles. The molecule has 2 rings (SSSR count).